The number of aliphatic hydroxyl groups excluding tert-OH is 1. The van der Waals surface area contributed by atoms with E-state index < -0.39 is 0 Å². The molecule has 0 saturated heterocycles. The quantitative estimate of drug-likeness (QED) is 0.460. The molecule has 0 fully saturated rings. The van der Waals surface area contributed by atoms with E-state index in [1.165, 1.54) is 0 Å². The van der Waals surface area contributed by atoms with Gasteiger partial charge in [0, 0.05) is 12.7 Å². The van der Waals surface area contributed by atoms with Crippen LogP contribution in [0.15, 0.2) is 42.0 Å². The van der Waals surface area contributed by atoms with Crippen LogP contribution < -0.4 is 9.47 Å². The summed E-state index contributed by atoms with van der Waals surface area (Å²) in [6.07, 6.45) is 3.51. The zero-order valence-corrected chi connectivity index (χ0v) is 17.7. The van der Waals surface area contributed by atoms with Gasteiger partial charge in [-0.1, -0.05) is 42.0 Å². The summed E-state index contributed by atoms with van der Waals surface area (Å²) in [6.45, 7) is 9.07. The zero-order valence-electron chi connectivity index (χ0n) is 17.7. The number of hydrogen-bond donors (Lipinski definition) is 1. The second-order valence-corrected chi connectivity index (χ2v) is 7.07. The first kappa shape index (κ1) is 22.0. The van der Waals surface area contributed by atoms with Crippen LogP contribution in [0.3, 0.4) is 0 Å². The van der Waals surface area contributed by atoms with Crippen LogP contribution in [0.5, 0.6) is 11.5 Å². The molecule has 1 N–H and O–H groups in total. The monoisotopic (exact) mass is 384 g/mol. The van der Waals surface area contributed by atoms with Gasteiger partial charge in [-0.2, -0.15) is 0 Å². The summed E-state index contributed by atoms with van der Waals surface area (Å²) in [5.74, 6) is 1.80. The summed E-state index contributed by atoms with van der Waals surface area (Å²) in [5, 5.41) is 9.12. The lowest BCUT2D eigenvalue weighted by Crippen LogP contribution is -2.09. The first-order valence-corrected chi connectivity index (χ1v) is 9.67. The Morgan fingerprint density at radius 3 is 2.29 bits per heavy atom. The number of hydrogen-bond acceptors (Lipinski definition) is 4. The average Bonchev–Trinajstić information content (AvgIpc) is 2.70. The summed E-state index contributed by atoms with van der Waals surface area (Å²) >= 11 is 0. The van der Waals surface area contributed by atoms with Crippen molar-refractivity contribution in [2.24, 2.45) is 0 Å². The van der Waals surface area contributed by atoms with Gasteiger partial charge in [-0.25, -0.2) is 0 Å². The van der Waals surface area contributed by atoms with Crippen LogP contribution in [0.4, 0.5) is 0 Å². The Morgan fingerprint density at radius 2 is 1.64 bits per heavy atom. The first-order valence-electron chi connectivity index (χ1n) is 9.67. The van der Waals surface area contributed by atoms with Crippen LogP contribution in [-0.2, 0) is 17.8 Å². The number of allylic oxidation sites excluding steroid dienone is 1. The maximum absolute atomic E-state index is 9.12. The molecule has 0 saturated carbocycles. The minimum atomic E-state index is 0.0657. The smallest absolute Gasteiger partial charge is 0.188 e. The zero-order chi connectivity index (χ0) is 20.5. The normalized spacial score (nSPS) is 11.6. The molecule has 0 radical (unpaired) electrons. The van der Waals surface area contributed by atoms with Crippen molar-refractivity contribution in [1.82, 2.24) is 0 Å². The maximum Gasteiger partial charge on any atom is 0.188 e. The van der Waals surface area contributed by atoms with Crippen LogP contribution in [-0.4, -0.2) is 25.6 Å². The Hall–Kier alpha value is -2.30. The molecular weight excluding hydrogens is 352 g/mol. The Morgan fingerprint density at radius 1 is 0.964 bits per heavy atom. The Balaban J connectivity index is 2.37. The lowest BCUT2D eigenvalue weighted by Gasteiger charge is -2.22. The van der Waals surface area contributed by atoms with Crippen LogP contribution in [0.1, 0.15) is 41.2 Å². The second-order valence-electron chi connectivity index (χ2n) is 7.07. The molecule has 0 amide bonds. The molecule has 0 bridgehead atoms. The number of aliphatic hydroxyl groups is 1. The second kappa shape index (κ2) is 10.9. The molecule has 0 aliphatic rings. The standard InChI is InChI=1S/C24H32O4/c1-17(13-14-25)11-12-22-20(4)23(27-15-21-9-7-6-8-10-21)18(2)19(3)24(22)28-16-26-5/h6-10,13,25H,11-12,14-16H2,1-5H3/b17-13+. The highest BCUT2D eigenvalue weighted by atomic mass is 16.7. The molecule has 2 rings (SSSR count). The van der Waals surface area contributed by atoms with Crippen LogP contribution in [0, 0.1) is 20.8 Å². The predicted octanol–water partition coefficient (Wildman–Crippen LogP) is 5.04. The van der Waals surface area contributed by atoms with Gasteiger partial charge >= 0.3 is 0 Å². The highest BCUT2D eigenvalue weighted by Gasteiger charge is 2.20. The number of benzene rings is 2. The number of ether oxygens (including phenoxy) is 3. The van der Waals surface area contributed by atoms with E-state index in [0.29, 0.717) is 6.61 Å². The molecule has 0 aromatic heterocycles. The first-order chi connectivity index (χ1) is 13.5. The fraction of sp³-hybridized carbons (Fsp3) is 0.417. The van der Waals surface area contributed by atoms with Crippen molar-refractivity contribution in [3.63, 3.8) is 0 Å². The third kappa shape index (κ3) is 5.60. The molecule has 0 aliphatic heterocycles. The van der Waals surface area contributed by atoms with E-state index in [2.05, 4.69) is 32.9 Å². The van der Waals surface area contributed by atoms with Gasteiger partial charge in [0.1, 0.15) is 18.1 Å². The van der Waals surface area contributed by atoms with Gasteiger partial charge in [-0.15, -0.1) is 0 Å². The Kier molecular flexibility index (Phi) is 8.55. The van der Waals surface area contributed by atoms with E-state index in [9.17, 15) is 0 Å². The molecule has 152 valence electrons. The Labute approximate surface area is 168 Å². The van der Waals surface area contributed by atoms with Gasteiger partial charge in [-0.3, -0.25) is 0 Å². The van der Waals surface area contributed by atoms with E-state index in [1.807, 2.05) is 31.2 Å². The van der Waals surface area contributed by atoms with Gasteiger partial charge in [0.15, 0.2) is 6.79 Å². The van der Waals surface area contributed by atoms with Gasteiger partial charge in [0.25, 0.3) is 0 Å². The lowest BCUT2D eigenvalue weighted by atomic mass is 9.93. The maximum atomic E-state index is 9.12. The van der Waals surface area contributed by atoms with Crippen molar-refractivity contribution < 1.29 is 19.3 Å². The molecule has 4 heteroatoms. The van der Waals surface area contributed by atoms with Crippen molar-refractivity contribution in [2.45, 2.75) is 47.1 Å². The molecule has 28 heavy (non-hydrogen) atoms. The van der Waals surface area contributed by atoms with E-state index in [-0.39, 0.29) is 13.4 Å². The van der Waals surface area contributed by atoms with Gasteiger partial charge < -0.3 is 19.3 Å². The lowest BCUT2D eigenvalue weighted by molar-refractivity contribution is 0.0497. The minimum absolute atomic E-state index is 0.0657. The van der Waals surface area contributed by atoms with Gasteiger partial charge in [0.2, 0.25) is 0 Å². The van der Waals surface area contributed by atoms with E-state index in [0.717, 1.165) is 57.7 Å². The molecular formula is C24H32O4. The third-order valence-corrected chi connectivity index (χ3v) is 5.07. The molecule has 4 nitrogen and oxygen atoms in total. The molecule has 0 atom stereocenters. The van der Waals surface area contributed by atoms with E-state index in [1.54, 1.807) is 7.11 Å². The van der Waals surface area contributed by atoms with Crippen LogP contribution >= 0.6 is 0 Å². The summed E-state index contributed by atoms with van der Waals surface area (Å²) in [7, 11) is 1.63. The number of methoxy groups -OCH3 is 1. The summed E-state index contributed by atoms with van der Waals surface area (Å²) in [5.41, 5.74) is 6.69. The predicted molar refractivity (Wildman–Crippen MR) is 113 cm³/mol. The SMILES string of the molecule is COCOc1c(C)c(C)c(OCc2ccccc2)c(C)c1CC/C(C)=C/CO. The molecule has 2 aromatic carbocycles. The summed E-state index contributed by atoms with van der Waals surface area (Å²) < 4.78 is 17.3. The van der Waals surface area contributed by atoms with Crippen LogP contribution in [0.25, 0.3) is 0 Å². The van der Waals surface area contributed by atoms with Crippen molar-refractivity contribution in [3.05, 3.63) is 69.8 Å². The minimum Gasteiger partial charge on any atom is -0.488 e. The van der Waals surface area contributed by atoms with Crippen LogP contribution in [0.2, 0.25) is 0 Å². The highest BCUT2D eigenvalue weighted by Crippen LogP contribution is 2.39. The fourth-order valence-electron chi connectivity index (χ4n) is 3.30. The van der Waals surface area contributed by atoms with Gasteiger partial charge in [-0.05, 0) is 62.8 Å². The summed E-state index contributed by atoms with van der Waals surface area (Å²) in [6, 6.07) is 10.2. The van der Waals surface area contributed by atoms with Crippen molar-refractivity contribution in [3.8, 4) is 11.5 Å². The molecule has 0 aliphatic carbocycles. The van der Waals surface area contributed by atoms with Crippen molar-refractivity contribution >= 4 is 0 Å². The average molecular weight is 385 g/mol. The van der Waals surface area contributed by atoms with E-state index in [4.69, 9.17) is 19.3 Å². The van der Waals surface area contributed by atoms with E-state index >= 15 is 0 Å². The highest BCUT2D eigenvalue weighted by molar-refractivity contribution is 5.58. The molecule has 0 heterocycles. The molecule has 0 spiro atoms. The Bertz CT molecular complexity index is 794. The topological polar surface area (TPSA) is 47.9 Å². The van der Waals surface area contributed by atoms with Gasteiger partial charge in [0.05, 0.1) is 6.61 Å². The fourth-order valence-corrected chi connectivity index (χ4v) is 3.30. The summed E-state index contributed by atoms with van der Waals surface area (Å²) in [4.78, 5) is 0. The number of rotatable bonds is 10. The van der Waals surface area contributed by atoms with Crippen molar-refractivity contribution in [2.75, 3.05) is 20.5 Å². The molecule has 0 unspecified atom stereocenters. The third-order valence-electron chi connectivity index (χ3n) is 5.07. The molecule has 2 aromatic rings. The largest absolute Gasteiger partial charge is 0.488 e. The van der Waals surface area contributed by atoms with Crippen molar-refractivity contribution in [1.29, 1.82) is 0 Å².